The maximum absolute atomic E-state index is 12.6. The molecule has 1 N–H and O–H groups in total. The van der Waals surface area contributed by atoms with E-state index in [1.165, 1.54) is 18.2 Å². The van der Waals surface area contributed by atoms with E-state index in [1.54, 1.807) is 24.3 Å². The lowest BCUT2D eigenvalue weighted by Gasteiger charge is -2.15. The minimum atomic E-state index is -2.98. The Morgan fingerprint density at radius 3 is 2.78 bits per heavy atom. The Hall–Kier alpha value is -2.38. The molecule has 1 amide bonds. The lowest BCUT2D eigenvalue weighted by Crippen LogP contribution is -2.19. The summed E-state index contributed by atoms with van der Waals surface area (Å²) in [6.45, 7) is -1.88. The molecule has 3 rings (SSSR count). The first-order valence-electron chi connectivity index (χ1n) is 8.42. The number of rotatable bonds is 7. The normalized spacial score (nSPS) is 16.4. The lowest BCUT2D eigenvalue weighted by atomic mass is 10.1. The number of alkyl halides is 2. The molecule has 8 heteroatoms. The van der Waals surface area contributed by atoms with Crippen molar-refractivity contribution in [2.75, 3.05) is 18.5 Å². The van der Waals surface area contributed by atoms with Crippen molar-refractivity contribution in [1.82, 2.24) is 0 Å². The van der Waals surface area contributed by atoms with Crippen LogP contribution in [0.1, 0.15) is 23.2 Å². The van der Waals surface area contributed by atoms with Crippen LogP contribution in [0.25, 0.3) is 0 Å². The fourth-order valence-electron chi connectivity index (χ4n) is 2.71. The SMILES string of the molecule is O=C(Nc1ccc(OC(F)F)c(Cl)c1)c1ccccc1OCC1CCCO1. The summed E-state index contributed by atoms with van der Waals surface area (Å²) in [5.74, 6) is -0.129. The highest BCUT2D eigenvalue weighted by atomic mass is 35.5. The van der Waals surface area contributed by atoms with E-state index in [2.05, 4.69) is 10.1 Å². The first kappa shape index (κ1) is 19.4. The van der Waals surface area contributed by atoms with E-state index in [0.717, 1.165) is 19.4 Å². The predicted octanol–water partition coefficient (Wildman–Crippen LogP) is 4.75. The summed E-state index contributed by atoms with van der Waals surface area (Å²) in [7, 11) is 0. The zero-order chi connectivity index (χ0) is 19.2. The van der Waals surface area contributed by atoms with Crippen molar-refractivity contribution >= 4 is 23.2 Å². The van der Waals surface area contributed by atoms with Gasteiger partial charge in [0.05, 0.1) is 16.7 Å². The molecule has 1 aliphatic rings. The highest BCUT2D eigenvalue weighted by Crippen LogP contribution is 2.29. The summed E-state index contributed by atoms with van der Waals surface area (Å²) in [5.41, 5.74) is 0.695. The molecular weight excluding hydrogens is 380 g/mol. The zero-order valence-electron chi connectivity index (χ0n) is 14.3. The van der Waals surface area contributed by atoms with Crippen molar-refractivity contribution in [1.29, 1.82) is 0 Å². The molecule has 1 saturated heterocycles. The number of ether oxygens (including phenoxy) is 3. The van der Waals surface area contributed by atoms with Crippen molar-refractivity contribution in [3.05, 3.63) is 53.1 Å². The Morgan fingerprint density at radius 2 is 2.07 bits per heavy atom. The van der Waals surface area contributed by atoms with Crippen molar-refractivity contribution in [3.63, 3.8) is 0 Å². The van der Waals surface area contributed by atoms with Crippen LogP contribution in [-0.4, -0.2) is 31.8 Å². The van der Waals surface area contributed by atoms with Gasteiger partial charge >= 0.3 is 6.61 Å². The first-order valence-corrected chi connectivity index (χ1v) is 8.80. The van der Waals surface area contributed by atoms with Gasteiger partial charge in [-0.25, -0.2) is 0 Å². The number of amides is 1. The minimum absolute atomic E-state index is 0.0299. The number of carbonyl (C=O) groups is 1. The summed E-state index contributed by atoms with van der Waals surface area (Å²) in [6.07, 6.45) is 1.96. The molecule has 0 spiro atoms. The van der Waals surface area contributed by atoms with Crippen molar-refractivity contribution in [2.24, 2.45) is 0 Å². The molecule has 1 atom stereocenters. The van der Waals surface area contributed by atoms with E-state index in [4.69, 9.17) is 21.1 Å². The van der Waals surface area contributed by atoms with Crippen LogP contribution >= 0.6 is 11.6 Å². The van der Waals surface area contributed by atoms with Gasteiger partial charge in [0.2, 0.25) is 0 Å². The van der Waals surface area contributed by atoms with E-state index >= 15 is 0 Å². The Labute approximate surface area is 160 Å². The van der Waals surface area contributed by atoms with Crippen LogP contribution in [0.2, 0.25) is 5.02 Å². The third kappa shape index (κ3) is 5.30. The Kier molecular flexibility index (Phi) is 6.47. The smallest absolute Gasteiger partial charge is 0.387 e. The monoisotopic (exact) mass is 397 g/mol. The second-order valence-corrected chi connectivity index (χ2v) is 6.33. The van der Waals surface area contributed by atoms with E-state index in [9.17, 15) is 13.6 Å². The van der Waals surface area contributed by atoms with Gasteiger partial charge in [0.1, 0.15) is 18.1 Å². The number of hydrogen-bond donors (Lipinski definition) is 1. The number of anilines is 1. The highest BCUT2D eigenvalue weighted by molar-refractivity contribution is 6.32. The van der Waals surface area contributed by atoms with Crippen LogP contribution in [0, 0.1) is 0 Å². The van der Waals surface area contributed by atoms with Gasteiger partial charge in [0, 0.05) is 12.3 Å². The lowest BCUT2D eigenvalue weighted by molar-refractivity contribution is -0.0497. The number of para-hydroxylation sites is 1. The maximum Gasteiger partial charge on any atom is 0.387 e. The molecule has 1 fully saturated rings. The molecule has 2 aromatic rings. The third-order valence-electron chi connectivity index (χ3n) is 3.99. The first-order chi connectivity index (χ1) is 13.0. The number of nitrogens with one attached hydrogen (secondary N) is 1. The molecule has 2 aromatic carbocycles. The average Bonchev–Trinajstić information content (AvgIpc) is 3.16. The second kappa shape index (κ2) is 9.01. The fourth-order valence-corrected chi connectivity index (χ4v) is 2.93. The van der Waals surface area contributed by atoms with Gasteiger partial charge in [-0.1, -0.05) is 23.7 Å². The van der Waals surface area contributed by atoms with E-state index < -0.39 is 12.5 Å². The van der Waals surface area contributed by atoms with Crippen molar-refractivity contribution in [2.45, 2.75) is 25.6 Å². The van der Waals surface area contributed by atoms with Gasteiger partial charge in [0.25, 0.3) is 5.91 Å². The second-order valence-electron chi connectivity index (χ2n) is 5.92. The van der Waals surface area contributed by atoms with Crippen LogP contribution in [0.5, 0.6) is 11.5 Å². The van der Waals surface area contributed by atoms with Gasteiger partial charge in [-0.3, -0.25) is 4.79 Å². The van der Waals surface area contributed by atoms with E-state index in [-0.39, 0.29) is 16.9 Å². The van der Waals surface area contributed by atoms with Gasteiger partial charge < -0.3 is 19.5 Å². The van der Waals surface area contributed by atoms with Gasteiger partial charge in [-0.15, -0.1) is 0 Å². The molecule has 5 nitrogen and oxygen atoms in total. The number of halogens is 3. The molecule has 1 heterocycles. The van der Waals surface area contributed by atoms with Gasteiger partial charge in [0.15, 0.2) is 0 Å². The van der Waals surface area contributed by atoms with Crippen LogP contribution in [0.4, 0.5) is 14.5 Å². The molecule has 0 saturated carbocycles. The summed E-state index contributed by atoms with van der Waals surface area (Å²) < 4.78 is 40.1. The summed E-state index contributed by atoms with van der Waals surface area (Å²) >= 11 is 5.91. The van der Waals surface area contributed by atoms with Crippen LogP contribution in [0.3, 0.4) is 0 Å². The zero-order valence-corrected chi connectivity index (χ0v) is 15.0. The topological polar surface area (TPSA) is 56.8 Å². The van der Waals surface area contributed by atoms with E-state index in [0.29, 0.717) is 23.6 Å². The molecule has 144 valence electrons. The van der Waals surface area contributed by atoms with Crippen molar-refractivity contribution in [3.8, 4) is 11.5 Å². The van der Waals surface area contributed by atoms with E-state index in [1.807, 2.05) is 0 Å². The summed E-state index contributed by atoms with van der Waals surface area (Å²) in [4.78, 5) is 12.6. The third-order valence-corrected chi connectivity index (χ3v) is 4.28. The Morgan fingerprint density at radius 1 is 1.26 bits per heavy atom. The van der Waals surface area contributed by atoms with Crippen molar-refractivity contribution < 1.29 is 27.8 Å². The van der Waals surface area contributed by atoms with Gasteiger partial charge in [-0.05, 0) is 43.2 Å². The standard InChI is InChI=1S/C19H18ClF2NO4/c20-15-10-12(7-8-17(15)27-19(21)22)23-18(24)14-5-1-2-6-16(14)26-11-13-4-3-9-25-13/h1-2,5-8,10,13,19H,3-4,9,11H2,(H,23,24). The highest BCUT2D eigenvalue weighted by Gasteiger charge is 2.19. The molecule has 1 aliphatic heterocycles. The number of benzene rings is 2. The van der Waals surface area contributed by atoms with Crippen LogP contribution in [-0.2, 0) is 4.74 Å². The number of carbonyl (C=O) groups excluding carboxylic acids is 1. The Bertz CT molecular complexity index is 797. The Balaban J connectivity index is 1.68. The summed E-state index contributed by atoms with van der Waals surface area (Å²) in [5, 5.41) is 2.64. The molecule has 0 radical (unpaired) electrons. The van der Waals surface area contributed by atoms with Crippen LogP contribution < -0.4 is 14.8 Å². The quantitative estimate of drug-likeness (QED) is 0.732. The largest absolute Gasteiger partial charge is 0.490 e. The molecule has 27 heavy (non-hydrogen) atoms. The minimum Gasteiger partial charge on any atom is -0.490 e. The fraction of sp³-hybridized carbons (Fsp3) is 0.316. The molecule has 0 aromatic heterocycles. The molecule has 1 unspecified atom stereocenters. The maximum atomic E-state index is 12.6. The molecular formula is C19H18ClF2NO4. The van der Waals surface area contributed by atoms with Gasteiger partial charge in [-0.2, -0.15) is 8.78 Å². The molecule has 0 aliphatic carbocycles. The predicted molar refractivity (Wildman–Crippen MR) is 96.9 cm³/mol. The van der Waals surface area contributed by atoms with Crippen LogP contribution in [0.15, 0.2) is 42.5 Å². The number of hydrogen-bond acceptors (Lipinski definition) is 4. The molecule has 0 bridgehead atoms. The average molecular weight is 398 g/mol. The summed E-state index contributed by atoms with van der Waals surface area (Å²) in [6, 6.07) is 10.9.